The van der Waals surface area contributed by atoms with Crippen LogP contribution in [0, 0.1) is 0 Å². The molecule has 7 heteroatoms. The summed E-state index contributed by atoms with van der Waals surface area (Å²) < 4.78 is 14.6. The number of alkyl halides is 1. The van der Waals surface area contributed by atoms with Gasteiger partial charge in [-0.05, 0) is 54.9 Å². The van der Waals surface area contributed by atoms with Crippen molar-refractivity contribution in [2.45, 2.75) is 90.9 Å². The highest BCUT2D eigenvalue weighted by Crippen LogP contribution is 2.28. The SMILES string of the molecule is CC(CC(C)(C)N1CCN(C(C)C)C(F)C1)N1CCN(C(C)C)C(C(=O)O)C1. The number of piperazine rings is 2. The van der Waals surface area contributed by atoms with Gasteiger partial charge in [0, 0.05) is 62.9 Å². The predicted octanol–water partition coefficient (Wildman–Crippen LogP) is 2.34. The molecule has 0 radical (unpaired) electrons. The number of hydrogen-bond acceptors (Lipinski definition) is 5. The van der Waals surface area contributed by atoms with E-state index in [0.717, 1.165) is 32.6 Å². The lowest BCUT2D eigenvalue weighted by atomic mass is 9.91. The normalized spacial score (nSPS) is 28.2. The second-order valence-corrected chi connectivity index (χ2v) is 9.76. The van der Waals surface area contributed by atoms with Crippen LogP contribution in [0.1, 0.15) is 54.9 Å². The van der Waals surface area contributed by atoms with Gasteiger partial charge in [0.05, 0.1) is 0 Å². The highest BCUT2D eigenvalue weighted by atomic mass is 19.1. The third-order valence-corrected chi connectivity index (χ3v) is 6.70. The highest BCUT2D eigenvalue weighted by molar-refractivity contribution is 5.74. The Morgan fingerprint density at radius 1 is 1.00 bits per heavy atom. The minimum Gasteiger partial charge on any atom is -0.480 e. The summed E-state index contributed by atoms with van der Waals surface area (Å²) in [6.07, 6.45) is -0.0237. The number of aliphatic carboxylic acids is 1. The Morgan fingerprint density at radius 3 is 2.07 bits per heavy atom. The lowest BCUT2D eigenvalue weighted by Crippen LogP contribution is -2.62. The average molecular weight is 401 g/mol. The zero-order valence-electron chi connectivity index (χ0n) is 18.9. The van der Waals surface area contributed by atoms with Crippen LogP contribution in [-0.2, 0) is 4.79 Å². The van der Waals surface area contributed by atoms with Gasteiger partial charge in [-0.15, -0.1) is 0 Å². The third kappa shape index (κ3) is 5.43. The second-order valence-electron chi connectivity index (χ2n) is 9.76. The summed E-state index contributed by atoms with van der Waals surface area (Å²) >= 11 is 0. The number of halogens is 1. The van der Waals surface area contributed by atoms with Crippen molar-refractivity contribution in [3.63, 3.8) is 0 Å². The van der Waals surface area contributed by atoms with Crippen LogP contribution in [0.5, 0.6) is 0 Å². The number of carbonyl (C=O) groups is 1. The van der Waals surface area contributed by atoms with Gasteiger partial charge >= 0.3 is 5.97 Å². The molecule has 1 N–H and O–H groups in total. The summed E-state index contributed by atoms with van der Waals surface area (Å²) in [7, 11) is 0. The minimum atomic E-state index is -0.922. The fourth-order valence-electron chi connectivity index (χ4n) is 4.92. The Hall–Kier alpha value is -0.760. The first kappa shape index (κ1) is 23.5. The third-order valence-electron chi connectivity index (χ3n) is 6.70. The number of carboxylic acid groups (broad SMARTS) is 1. The van der Waals surface area contributed by atoms with Gasteiger partial charge in [0.2, 0.25) is 0 Å². The van der Waals surface area contributed by atoms with Crippen LogP contribution in [0.2, 0.25) is 0 Å². The quantitative estimate of drug-likeness (QED) is 0.662. The summed E-state index contributed by atoms with van der Waals surface area (Å²) in [6, 6.07) is 0.259. The lowest BCUT2D eigenvalue weighted by molar-refractivity contribution is -0.147. The van der Waals surface area contributed by atoms with Crippen LogP contribution < -0.4 is 0 Å². The topological polar surface area (TPSA) is 50.3 Å². The fraction of sp³-hybridized carbons (Fsp3) is 0.952. The summed E-state index contributed by atoms with van der Waals surface area (Å²) in [5.74, 6) is -0.741. The predicted molar refractivity (Wildman–Crippen MR) is 111 cm³/mol. The van der Waals surface area contributed by atoms with Gasteiger partial charge in [-0.2, -0.15) is 0 Å². The van der Waals surface area contributed by atoms with E-state index in [1.54, 1.807) is 0 Å². The molecule has 0 amide bonds. The molecule has 0 aromatic carbocycles. The van der Waals surface area contributed by atoms with E-state index in [0.29, 0.717) is 13.1 Å². The van der Waals surface area contributed by atoms with Crippen molar-refractivity contribution in [2.24, 2.45) is 0 Å². The van der Waals surface area contributed by atoms with E-state index >= 15 is 0 Å². The molecule has 2 aliphatic heterocycles. The van der Waals surface area contributed by atoms with Crippen molar-refractivity contribution in [3.8, 4) is 0 Å². The molecule has 2 aliphatic rings. The molecular weight excluding hydrogens is 359 g/mol. The maximum atomic E-state index is 14.6. The zero-order chi connectivity index (χ0) is 21.2. The van der Waals surface area contributed by atoms with Crippen LogP contribution in [0.15, 0.2) is 0 Å². The largest absolute Gasteiger partial charge is 0.480 e. The van der Waals surface area contributed by atoms with Crippen molar-refractivity contribution in [3.05, 3.63) is 0 Å². The van der Waals surface area contributed by atoms with E-state index < -0.39 is 18.3 Å². The maximum Gasteiger partial charge on any atom is 0.322 e. The molecule has 2 saturated heterocycles. The van der Waals surface area contributed by atoms with Gasteiger partial charge in [-0.3, -0.25) is 24.4 Å². The van der Waals surface area contributed by atoms with E-state index in [-0.39, 0.29) is 23.7 Å². The molecule has 2 rings (SSSR count). The Balaban J connectivity index is 1.97. The van der Waals surface area contributed by atoms with Crippen molar-refractivity contribution in [2.75, 3.05) is 39.3 Å². The van der Waals surface area contributed by atoms with Gasteiger partial charge in [0.25, 0.3) is 0 Å². The molecule has 0 saturated carbocycles. The van der Waals surface area contributed by atoms with Crippen molar-refractivity contribution in [1.82, 2.24) is 19.6 Å². The molecule has 3 unspecified atom stereocenters. The van der Waals surface area contributed by atoms with Crippen LogP contribution in [0.3, 0.4) is 0 Å². The van der Waals surface area contributed by atoms with Gasteiger partial charge < -0.3 is 5.11 Å². The summed E-state index contributed by atoms with van der Waals surface area (Å²) in [5, 5.41) is 9.67. The smallest absolute Gasteiger partial charge is 0.322 e. The Bertz CT molecular complexity index is 529. The number of rotatable bonds is 7. The maximum absolute atomic E-state index is 14.6. The molecule has 0 aromatic heterocycles. The first-order valence-electron chi connectivity index (χ1n) is 10.8. The van der Waals surface area contributed by atoms with Crippen LogP contribution in [0.25, 0.3) is 0 Å². The molecule has 28 heavy (non-hydrogen) atoms. The van der Waals surface area contributed by atoms with E-state index in [2.05, 4.69) is 49.3 Å². The van der Waals surface area contributed by atoms with Crippen LogP contribution >= 0.6 is 0 Å². The zero-order valence-corrected chi connectivity index (χ0v) is 18.9. The minimum absolute atomic E-state index is 0.124. The van der Waals surface area contributed by atoms with Crippen molar-refractivity contribution < 1.29 is 14.3 Å². The number of nitrogens with zero attached hydrogens (tertiary/aromatic N) is 4. The lowest BCUT2D eigenvalue weighted by Gasteiger charge is -2.49. The van der Waals surface area contributed by atoms with E-state index in [9.17, 15) is 14.3 Å². The monoisotopic (exact) mass is 400 g/mol. The molecule has 0 aliphatic carbocycles. The molecule has 0 aromatic rings. The standard InChI is InChI=1S/C21H41FN4O2/c1-15(2)25-10-8-23(13-18(25)20(27)28)17(5)12-21(6,7)24-9-11-26(16(3)4)19(22)14-24/h15-19H,8-14H2,1-7H3,(H,27,28). The van der Waals surface area contributed by atoms with Crippen LogP contribution in [-0.4, -0.2) is 106 Å². The number of hydrogen-bond donors (Lipinski definition) is 1. The first-order chi connectivity index (χ1) is 12.9. The van der Waals surface area contributed by atoms with Gasteiger partial charge in [0.15, 0.2) is 6.30 Å². The van der Waals surface area contributed by atoms with Gasteiger partial charge in [-0.25, -0.2) is 4.39 Å². The second kappa shape index (κ2) is 9.37. The summed E-state index contributed by atoms with van der Waals surface area (Å²) in [6.45, 7) is 19.1. The Morgan fingerprint density at radius 2 is 1.57 bits per heavy atom. The molecular formula is C21H41FN4O2. The molecule has 164 valence electrons. The van der Waals surface area contributed by atoms with E-state index in [4.69, 9.17) is 0 Å². The average Bonchev–Trinajstić information content (AvgIpc) is 2.60. The van der Waals surface area contributed by atoms with Crippen molar-refractivity contribution >= 4 is 5.97 Å². The highest BCUT2D eigenvalue weighted by Gasteiger charge is 2.39. The summed E-state index contributed by atoms with van der Waals surface area (Å²) in [4.78, 5) is 20.3. The molecule has 2 fully saturated rings. The first-order valence-corrected chi connectivity index (χ1v) is 10.8. The number of carboxylic acids is 1. The van der Waals surface area contributed by atoms with Crippen LogP contribution in [0.4, 0.5) is 4.39 Å². The van der Waals surface area contributed by atoms with E-state index in [1.807, 2.05) is 18.7 Å². The van der Waals surface area contributed by atoms with E-state index in [1.165, 1.54) is 0 Å². The molecule has 0 spiro atoms. The van der Waals surface area contributed by atoms with Gasteiger partial charge in [0.1, 0.15) is 6.04 Å². The molecule has 3 atom stereocenters. The molecule has 2 heterocycles. The van der Waals surface area contributed by atoms with Crippen molar-refractivity contribution in [1.29, 1.82) is 0 Å². The Labute approximate surface area is 170 Å². The van der Waals surface area contributed by atoms with Gasteiger partial charge in [-0.1, -0.05) is 0 Å². The Kier molecular flexibility index (Phi) is 7.87. The molecule has 6 nitrogen and oxygen atoms in total. The summed E-state index contributed by atoms with van der Waals surface area (Å²) in [5.41, 5.74) is -0.124. The fourth-order valence-corrected chi connectivity index (χ4v) is 4.92. The molecule has 0 bridgehead atoms.